The number of hydrogen-bond acceptors (Lipinski definition) is 3. The number of rotatable bonds is 5. The number of carbonyl (C=O) groups excluding carboxylic acids is 1. The first-order valence-corrected chi connectivity index (χ1v) is 8.93. The quantitative estimate of drug-likeness (QED) is 0.731. The van der Waals surface area contributed by atoms with Gasteiger partial charge >= 0.3 is 0 Å². The molecule has 4 heteroatoms. The van der Waals surface area contributed by atoms with Crippen LogP contribution in [0.5, 0.6) is 5.75 Å². The van der Waals surface area contributed by atoms with Crippen molar-refractivity contribution in [3.8, 4) is 5.75 Å². The second kappa shape index (κ2) is 7.58. The summed E-state index contributed by atoms with van der Waals surface area (Å²) in [6.07, 6.45) is 2.35. The van der Waals surface area contributed by atoms with E-state index < -0.39 is 0 Å². The number of benzene rings is 3. The molecule has 132 valence electrons. The molecule has 4 nitrogen and oxygen atoms in total. The highest BCUT2D eigenvalue weighted by Gasteiger charge is 2.16. The highest BCUT2D eigenvalue weighted by Crippen LogP contribution is 2.22. The Bertz CT molecular complexity index is 893. The van der Waals surface area contributed by atoms with Gasteiger partial charge in [-0.05, 0) is 53.9 Å². The summed E-state index contributed by atoms with van der Waals surface area (Å²) in [6, 6.07) is 21.1. The lowest BCUT2D eigenvalue weighted by molar-refractivity contribution is 0.0679. The van der Waals surface area contributed by atoms with E-state index in [0.29, 0.717) is 12.2 Å². The van der Waals surface area contributed by atoms with Crippen LogP contribution in [0.1, 0.15) is 23.2 Å². The standard InChI is InChI=1S/C22H21NO3/c24-22(21-9-3-6-16-5-1-2-8-20(16)21)23-17-10-12-18(13-11-17)26-15-19-7-4-14-25-19/h1-3,5-6,8-13,19H,4,7,14-15H2,(H,23,24). The van der Waals surface area contributed by atoms with Crippen LogP contribution in [0, 0.1) is 0 Å². The molecule has 3 aromatic rings. The zero-order valence-corrected chi connectivity index (χ0v) is 14.5. The lowest BCUT2D eigenvalue weighted by atomic mass is 10.0. The SMILES string of the molecule is O=C(Nc1ccc(OCC2CCCO2)cc1)c1cccc2ccccc12. The monoisotopic (exact) mass is 347 g/mol. The van der Waals surface area contributed by atoms with E-state index in [2.05, 4.69) is 5.32 Å². The van der Waals surface area contributed by atoms with Gasteiger partial charge in [0, 0.05) is 17.9 Å². The van der Waals surface area contributed by atoms with Gasteiger partial charge < -0.3 is 14.8 Å². The molecular weight excluding hydrogens is 326 g/mol. The number of anilines is 1. The molecule has 0 saturated carbocycles. The molecule has 1 amide bonds. The molecule has 26 heavy (non-hydrogen) atoms. The van der Waals surface area contributed by atoms with Crippen LogP contribution in [0.25, 0.3) is 10.8 Å². The van der Waals surface area contributed by atoms with Gasteiger partial charge in [0.2, 0.25) is 0 Å². The topological polar surface area (TPSA) is 47.6 Å². The maximum atomic E-state index is 12.7. The Balaban J connectivity index is 1.42. The average Bonchev–Trinajstić information content (AvgIpc) is 3.20. The number of nitrogens with one attached hydrogen (secondary N) is 1. The first kappa shape index (κ1) is 16.6. The number of ether oxygens (including phenoxy) is 2. The minimum Gasteiger partial charge on any atom is -0.491 e. The molecule has 1 aliphatic heterocycles. The van der Waals surface area contributed by atoms with Crippen LogP contribution < -0.4 is 10.1 Å². The molecule has 0 aromatic heterocycles. The van der Waals surface area contributed by atoms with E-state index in [1.807, 2.05) is 66.7 Å². The molecule has 1 atom stereocenters. The van der Waals surface area contributed by atoms with Crippen molar-refractivity contribution in [3.05, 3.63) is 72.3 Å². The summed E-state index contributed by atoms with van der Waals surface area (Å²) in [7, 11) is 0. The first-order chi connectivity index (χ1) is 12.8. The zero-order chi connectivity index (χ0) is 17.8. The molecule has 4 rings (SSSR count). The number of hydrogen-bond donors (Lipinski definition) is 1. The van der Waals surface area contributed by atoms with Gasteiger partial charge in [-0.1, -0.05) is 36.4 Å². The van der Waals surface area contributed by atoms with Crippen LogP contribution in [0.4, 0.5) is 5.69 Å². The van der Waals surface area contributed by atoms with Crippen molar-refractivity contribution in [1.29, 1.82) is 0 Å². The summed E-state index contributed by atoms with van der Waals surface area (Å²) >= 11 is 0. The molecule has 1 saturated heterocycles. The smallest absolute Gasteiger partial charge is 0.256 e. The summed E-state index contributed by atoms with van der Waals surface area (Å²) < 4.78 is 11.3. The minimum atomic E-state index is -0.116. The third-order valence-corrected chi connectivity index (χ3v) is 4.61. The molecule has 0 bridgehead atoms. The van der Waals surface area contributed by atoms with Gasteiger partial charge in [0.1, 0.15) is 12.4 Å². The zero-order valence-electron chi connectivity index (χ0n) is 14.5. The number of carbonyl (C=O) groups is 1. The Labute approximate surface area is 152 Å². The van der Waals surface area contributed by atoms with Gasteiger partial charge in [-0.3, -0.25) is 4.79 Å². The van der Waals surface area contributed by atoms with Crippen molar-refractivity contribution in [2.45, 2.75) is 18.9 Å². The fraction of sp³-hybridized carbons (Fsp3) is 0.227. The predicted molar refractivity (Wildman–Crippen MR) is 103 cm³/mol. The summed E-state index contributed by atoms with van der Waals surface area (Å²) in [5.74, 6) is 0.665. The third kappa shape index (κ3) is 3.70. The van der Waals surface area contributed by atoms with Crippen molar-refractivity contribution in [3.63, 3.8) is 0 Å². The van der Waals surface area contributed by atoms with Gasteiger partial charge in [-0.15, -0.1) is 0 Å². The average molecular weight is 347 g/mol. The normalized spacial score (nSPS) is 16.5. The number of fused-ring (bicyclic) bond motifs is 1. The molecule has 3 aromatic carbocycles. The molecule has 1 unspecified atom stereocenters. The second-order valence-electron chi connectivity index (χ2n) is 6.45. The fourth-order valence-corrected chi connectivity index (χ4v) is 3.22. The van der Waals surface area contributed by atoms with Crippen molar-refractivity contribution < 1.29 is 14.3 Å². The summed E-state index contributed by atoms with van der Waals surface area (Å²) in [5.41, 5.74) is 1.41. The molecule has 1 fully saturated rings. The van der Waals surface area contributed by atoms with Crippen molar-refractivity contribution in [1.82, 2.24) is 0 Å². The molecular formula is C22H21NO3. The van der Waals surface area contributed by atoms with E-state index in [1.165, 1.54) is 0 Å². The Kier molecular flexibility index (Phi) is 4.84. The Morgan fingerprint density at radius 1 is 1.04 bits per heavy atom. The van der Waals surface area contributed by atoms with Crippen LogP contribution in [-0.4, -0.2) is 25.2 Å². The summed E-state index contributed by atoms with van der Waals surface area (Å²) in [6.45, 7) is 1.40. The van der Waals surface area contributed by atoms with Gasteiger partial charge in [0.05, 0.1) is 6.10 Å². The molecule has 1 heterocycles. The van der Waals surface area contributed by atoms with Crippen LogP contribution in [0.15, 0.2) is 66.7 Å². The van der Waals surface area contributed by atoms with Gasteiger partial charge in [0.15, 0.2) is 0 Å². The maximum Gasteiger partial charge on any atom is 0.256 e. The number of amides is 1. The van der Waals surface area contributed by atoms with Gasteiger partial charge in [-0.2, -0.15) is 0 Å². The highest BCUT2D eigenvalue weighted by atomic mass is 16.5. The van der Waals surface area contributed by atoms with Gasteiger partial charge in [0.25, 0.3) is 5.91 Å². The Hall–Kier alpha value is -2.85. The molecule has 0 radical (unpaired) electrons. The van der Waals surface area contributed by atoms with Crippen LogP contribution in [0.2, 0.25) is 0 Å². The Morgan fingerprint density at radius 3 is 2.65 bits per heavy atom. The summed E-state index contributed by atoms with van der Waals surface area (Å²) in [5, 5.41) is 4.96. The fourth-order valence-electron chi connectivity index (χ4n) is 3.22. The van der Waals surface area contributed by atoms with Crippen molar-refractivity contribution >= 4 is 22.4 Å². The van der Waals surface area contributed by atoms with E-state index in [4.69, 9.17) is 9.47 Å². The van der Waals surface area contributed by atoms with E-state index in [9.17, 15) is 4.79 Å². The molecule has 1 aliphatic rings. The largest absolute Gasteiger partial charge is 0.491 e. The first-order valence-electron chi connectivity index (χ1n) is 8.93. The lowest BCUT2D eigenvalue weighted by Gasteiger charge is -2.12. The van der Waals surface area contributed by atoms with Crippen molar-refractivity contribution in [2.75, 3.05) is 18.5 Å². The third-order valence-electron chi connectivity index (χ3n) is 4.61. The van der Waals surface area contributed by atoms with Crippen LogP contribution in [-0.2, 0) is 4.74 Å². The molecule has 0 spiro atoms. The molecule has 1 N–H and O–H groups in total. The maximum absolute atomic E-state index is 12.7. The van der Waals surface area contributed by atoms with Gasteiger partial charge in [-0.25, -0.2) is 0 Å². The molecule has 0 aliphatic carbocycles. The van der Waals surface area contributed by atoms with Crippen LogP contribution in [0.3, 0.4) is 0 Å². The van der Waals surface area contributed by atoms with Crippen LogP contribution >= 0.6 is 0 Å². The van der Waals surface area contributed by atoms with E-state index >= 15 is 0 Å². The van der Waals surface area contributed by atoms with Crippen molar-refractivity contribution in [2.24, 2.45) is 0 Å². The lowest BCUT2D eigenvalue weighted by Crippen LogP contribution is -2.16. The Morgan fingerprint density at radius 2 is 1.85 bits per heavy atom. The highest BCUT2D eigenvalue weighted by molar-refractivity contribution is 6.12. The second-order valence-corrected chi connectivity index (χ2v) is 6.45. The van der Waals surface area contributed by atoms with E-state index in [1.54, 1.807) is 0 Å². The van der Waals surface area contributed by atoms with E-state index in [-0.39, 0.29) is 12.0 Å². The minimum absolute atomic E-state index is 0.116. The van der Waals surface area contributed by atoms with E-state index in [0.717, 1.165) is 41.7 Å². The predicted octanol–water partition coefficient (Wildman–Crippen LogP) is 4.65. The summed E-state index contributed by atoms with van der Waals surface area (Å²) in [4.78, 5) is 12.7.